The van der Waals surface area contributed by atoms with Crippen molar-refractivity contribution in [3.8, 4) is 18.1 Å². The third-order valence-corrected chi connectivity index (χ3v) is 4.53. The first-order valence-electron chi connectivity index (χ1n) is 8.80. The lowest BCUT2D eigenvalue weighted by Crippen LogP contribution is -2.38. The predicted octanol–water partition coefficient (Wildman–Crippen LogP) is 3.42. The van der Waals surface area contributed by atoms with Crippen LogP contribution in [0.25, 0.3) is 0 Å². The number of hydrogen-bond acceptors (Lipinski definition) is 4. The van der Waals surface area contributed by atoms with Gasteiger partial charge < -0.3 is 15.4 Å². The molecule has 0 aliphatic carbocycles. The Balaban J connectivity index is 0.00000364. The van der Waals surface area contributed by atoms with Gasteiger partial charge in [0.05, 0.1) is 5.01 Å². The summed E-state index contributed by atoms with van der Waals surface area (Å²) in [5.74, 6) is 4.10. The molecule has 1 aromatic carbocycles. The number of guanidine groups is 1. The Morgan fingerprint density at radius 2 is 2.04 bits per heavy atom. The van der Waals surface area contributed by atoms with Gasteiger partial charge in [0.2, 0.25) is 0 Å². The van der Waals surface area contributed by atoms with Crippen LogP contribution in [0.2, 0.25) is 0 Å². The Hall–Kier alpha value is -1.79. The van der Waals surface area contributed by atoms with Gasteiger partial charge in [-0.05, 0) is 38.0 Å². The van der Waals surface area contributed by atoms with E-state index in [4.69, 9.17) is 11.2 Å². The van der Waals surface area contributed by atoms with Gasteiger partial charge in [-0.25, -0.2) is 4.98 Å². The third kappa shape index (κ3) is 9.11. The molecule has 146 valence electrons. The lowest BCUT2D eigenvalue weighted by atomic mass is 10.1. The molecule has 2 rings (SSSR count). The zero-order valence-corrected chi connectivity index (χ0v) is 19.0. The zero-order valence-electron chi connectivity index (χ0n) is 15.8. The van der Waals surface area contributed by atoms with Gasteiger partial charge >= 0.3 is 0 Å². The van der Waals surface area contributed by atoms with Gasteiger partial charge in [0.15, 0.2) is 5.96 Å². The maximum atomic E-state index is 5.38. The SMILES string of the molecule is C#CCOc1ccc(CCNC(=NCCc2ncc(C)s2)NCC)cc1.I. The van der Waals surface area contributed by atoms with Crippen molar-refractivity contribution in [1.29, 1.82) is 0 Å². The van der Waals surface area contributed by atoms with Crippen LogP contribution in [0.5, 0.6) is 5.75 Å². The fraction of sp³-hybridized carbons (Fsp3) is 0.400. The molecular formula is C20H27IN4OS. The molecule has 0 radical (unpaired) electrons. The molecule has 27 heavy (non-hydrogen) atoms. The van der Waals surface area contributed by atoms with Gasteiger partial charge in [-0.2, -0.15) is 0 Å². The van der Waals surface area contributed by atoms with E-state index in [2.05, 4.69) is 52.5 Å². The molecule has 0 spiro atoms. The quantitative estimate of drug-likeness (QED) is 0.241. The Morgan fingerprint density at radius 1 is 1.26 bits per heavy atom. The number of nitrogens with zero attached hydrogens (tertiary/aromatic N) is 2. The van der Waals surface area contributed by atoms with Gasteiger partial charge in [-0.1, -0.05) is 18.1 Å². The first-order chi connectivity index (χ1) is 12.7. The number of benzene rings is 1. The molecule has 0 fully saturated rings. The van der Waals surface area contributed by atoms with Crippen molar-refractivity contribution in [2.24, 2.45) is 4.99 Å². The molecule has 0 aliphatic rings. The van der Waals surface area contributed by atoms with E-state index in [9.17, 15) is 0 Å². The van der Waals surface area contributed by atoms with Gasteiger partial charge in [-0.15, -0.1) is 41.7 Å². The average Bonchev–Trinajstić information content (AvgIpc) is 3.06. The van der Waals surface area contributed by atoms with Crippen molar-refractivity contribution >= 4 is 41.3 Å². The molecule has 0 aliphatic heterocycles. The first kappa shape index (κ1) is 23.2. The molecule has 2 N–H and O–H groups in total. The summed E-state index contributed by atoms with van der Waals surface area (Å²) in [6.45, 7) is 6.81. The number of ether oxygens (including phenoxy) is 1. The van der Waals surface area contributed by atoms with Crippen LogP contribution in [0.1, 0.15) is 22.4 Å². The molecule has 7 heteroatoms. The molecule has 0 amide bonds. The highest BCUT2D eigenvalue weighted by molar-refractivity contribution is 14.0. The highest BCUT2D eigenvalue weighted by Gasteiger charge is 2.01. The van der Waals surface area contributed by atoms with Crippen molar-refractivity contribution in [3.63, 3.8) is 0 Å². The monoisotopic (exact) mass is 498 g/mol. The molecule has 2 aromatic rings. The fourth-order valence-corrected chi connectivity index (χ4v) is 3.10. The van der Waals surface area contributed by atoms with Crippen LogP contribution in [-0.4, -0.2) is 37.2 Å². The maximum Gasteiger partial charge on any atom is 0.191 e. The summed E-state index contributed by atoms with van der Waals surface area (Å²) in [7, 11) is 0. The number of thiazole rings is 1. The maximum absolute atomic E-state index is 5.38. The Kier molecular flexibility index (Phi) is 11.5. The second-order valence-electron chi connectivity index (χ2n) is 5.69. The van der Waals surface area contributed by atoms with Crippen molar-refractivity contribution in [3.05, 3.63) is 45.9 Å². The summed E-state index contributed by atoms with van der Waals surface area (Å²) in [6.07, 6.45) is 8.88. The largest absolute Gasteiger partial charge is 0.481 e. The van der Waals surface area contributed by atoms with Crippen molar-refractivity contribution < 1.29 is 4.74 Å². The van der Waals surface area contributed by atoms with Crippen LogP contribution < -0.4 is 15.4 Å². The molecule has 0 saturated carbocycles. The minimum atomic E-state index is 0. The standard InChI is InChI=1S/C20H26N4OS.HI/c1-4-14-25-18-8-6-17(7-9-18)10-12-22-20(21-5-2)23-13-11-19-24-15-16(3)26-19;/h1,6-9,15H,5,10-14H2,2-3H3,(H2,21,22,23);1H. The number of rotatable bonds is 9. The van der Waals surface area contributed by atoms with Gasteiger partial charge in [-0.3, -0.25) is 4.99 Å². The summed E-state index contributed by atoms with van der Waals surface area (Å²) in [6, 6.07) is 8.01. The number of aromatic nitrogens is 1. The molecule has 0 unspecified atom stereocenters. The number of aliphatic imine (C=N–C) groups is 1. The number of halogens is 1. The molecule has 0 bridgehead atoms. The van der Waals surface area contributed by atoms with Crippen LogP contribution in [0, 0.1) is 19.3 Å². The summed E-state index contributed by atoms with van der Waals surface area (Å²) < 4.78 is 5.38. The Labute approximate surface area is 183 Å². The van der Waals surface area contributed by atoms with E-state index in [1.165, 1.54) is 10.4 Å². The molecule has 1 heterocycles. The summed E-state index contributed by atoms with van der Waals surface area (Å²) >= 11 is 1.73. The van der Waals surface area contributed by atoms with Gasteiger partial charge in [0, 0.05) is 37.1 Å². The summed E-state index contributed by atoms with van der Waals surface area (Å²) in [4.78, 5) is 10.2. The normalized spacial score (nSPS) is 10.6. The molecule has 1 aromatic heterocycles. The van der Waals surface area contributed by atoms with Crippen molar-refractivity contribution in [1.82, 2.24) is 15.6 Å². The van der Waals surface area contributed by atoms with Gasteiger partial charge in [0.1, 0.15) is 12.4 Å². The van der Waals surface area contributed by atoms with E-state index in [1.807, 2.05) is 18.3 Å². The first-order valence-corrected chi connectivity index (χ1v) is 9.61. The average molecular weight is 498 g/mol. The fourth-order valence-electron chi connectivity index (χ4n) is 2.32. The smallest absolute Gasteiger partial charge is 0.191 e. The number of nitrogens with one attached hydrogen (secondary N) is 2. The topological polar surface area (TPSA) is 58.5 Å². The summed E-state index contributed by atoms with van der Waals surface area (Å²) in [5.41, 5.74) is 1.24. The number of terminal acetylenes is 1. The zero-order chi connectivity index (χ0) is 18.6. The van der Waals surface area contributed by atoms with Crippen molar-refractivity contribution in [2.75, 3.05) is 26.2 Å². The minimum Gasteiger partial charge on any atom is -0.481 e. The van der Waals surface area contributed by atoms with E-state index in [1.54, 1.807) is 11.3 Å². The second-order valence-corrected chi connectivity index (χ2v) is 7.01. The number of aryl methyl sites for hydroxylation is 1. The van der Waals surface area contributed by atoms with E-state index < -0.39 is 0 Å². The minimum absolute atomic E-state index is 0. The van der Waals surface area contributed by atoms with Crippen LogP contribution in [0.3, 0.4) is 0 Å². The molecule has 5 nitrogen and oxygen atoms in total. The Bertz CT molecular complexity index is 737. The lowest BCUT2D eigenvalue weighted by Gasteiger charge is -2.11. The third-order valence-electron chi connectivity index (χ3n) is 3.56. The van der Waals surface area contributed by atoms with Gasteiger partial charge in [0.25, 0.3) is 0 Å². The Morgan fingerprint density at radius 3 is 2.67 bits per heavy atom. The molecular weight excluding hydrogens is 471 g/mol. The van der Waals surface area contributed by atoms with E-state index in [0.29, 0.717) is 6.61 Å². The molecule has 0 atom stereocenters. The van der Waals surface area contributed by atoms with Crippen molar-refractivity contribution in [2.45, 2.75) is 26.7 Å². The van der Waals surface area contributed by atoms with Crippen LogP contribution in [0.15, 0.2) is 35.5 Å². The highest BCUT2D eigenvalue weighted by Crippen LogP contribution is 2.12. The molecule has 0 saturated heterocycles. The number of hydrogen-bond donors (Lipinski definition) is 2. The summed E-state index contributed by atoms with van der Waals surface area (Å²) in [5, 5.41) is 7.78. The second kappa shape index (κ2) is 13.4. The van der Waals surface area contributed by atoms with E-state index >= 15 is 0 Å². The lowest BCUT2D eigenvalue weighted by molar-refractivity contribution is 0.370. The highest BCUT2D eigenvalue weighted by atomic mass is 127. The van der Waals surface area contributed by atoms with E-state index in [-0.39, 0.29) is 24.0 Å². The predicted molar refractivity (Wildman–Crippen MR) is 124 cm³/mol. The van der Waals surface area contributed by atoms with Crippen LogP contribution in [-0.2, 0) is 12.8 Å². The van der Waals surface area contributed by atoms with Crippen LogP contribution >= 0.6 is 35.3 Å². The van der Waals surface area contributed by atoms with E-state index in [0.717, 1.165) is 49.2 Å². The van der Waals surface area contributed by atoms with Crippen LogP contribution in [0.4, 0.5) is 0 Å².